The summed E-state index contributed by atoms with van der Waals surface area (Å²) in [6.45, 7) is 9.04. The number of fused-ring (bicyclic) bond motifs is 1. The van der Waals surface area contributed by atoms with Crippen LogP contribution in [-0.4, -0.2) is 80.0 Å². The number of hydrogen-bond acceptors (Lipinski definition) is 10. The van der Waals surface area contributed by atoms with Crippen LogP contribution in [0.3, 0.4) is 0 Å². The Kier molecular flexibility index (Phi) is 10.7. The van der Waals surface area contributed by atoms with Gasteiger partial charge in [-0.3, -0.25) is 0 Å². The summed E-state index contributed by atoms with van der Waals surface area (Å²) < 4.78 is 12.2. The van der Waals surface area contributed by atoms with Gasteiger partial charge >= 0.3 is 11.8 Å². The highest BCUT2D eigenvalue weighted by molar-refractivity contribution is 6.41. The van der Waals surface area contributed by atoms with Gasteiger partial charge in [0.25, 0.3) is 0 Å². The number of piperazine rings is 1. The van der Waals surface area contributed by atoms with Crippen LogP contribution >= 0.6 is 23.2 Å². The summed E-state index contributed by atoms with van der Waals surface area (Å²) in [6.07, 6.45) is 0.496. The molecule has 3 aromatic heterocycles. The second-order valence-electron chi connectivity index (χ2n) is 13.1. The van der Waals surface area contributed by atoms with Gasteiger partial charge < -0.3 is 29.3 Å². The number of aromatic nitrogens is 5. The van der Waals surface area contributed by atoms with Gasteiger partial charge in [-0.05, 0) is 61.2 Å². The number of nitrogens with zero attached hydrogens (tertiary/aromatic N) is 8. The number of carboxylic acid groups (broad SMARTS) is 1. The van der Waals surface area contributed by atoms with E-state index in [2.05, 4.69) is 19.9 Å². The zero-order valence-corrected chi connectivity index (χ0v) is 31.3. The number of rotatable bonds is 10. The second-order valence-corrected chi connectivity index (χ2v) is 13.9. The highest BCUT2D eigenvalue weighted by atomic mass is 35.5. The van der Waals surface area contributed by atoms with E-state index >= 15 is 0 Å². The molecular formula is C37H40Cl2N8O5. The minimum atomic E-state index is -1.00. The second kappa shape index (κ2) is 15.2. The molecule has 0 unspecified atom stereocenters. The first-order valence-electron chi connectivity index (χ1n) is 16.8. The maximum atomic E-state index is 14.6. The molecule has 4 heterocycles. The van der Waals surface area contributed by atoms with E-state index < -0.39 is 11.8 Å². The van der Waals surface area contributed by atoms with E-state index in [1.165, 1.54) is 15.8 Å². The van der Waals surface area contributed by atoms with Crippen LogP contribution < -0.4 is 25.0 Å². The molecule has 0 radical (unpaired) electrons. The normalized spacial score (nSPS) is 16.0. The van der Waals surface area contributed by atoms with E-state index in [4.69, 9.17) is 37.7 Å². The van der Waals surface area contributed by atoms with Crippen LogP contribution in [0.2, 0.25) is 10.2 Å². The van der Waals surface area contributed by atoms with Crippen LogP contribution in [0.15, 0.2) is 65.7 Å². The molecule has 1 N–H and O–H groups in total. The maximum Gasteiger partial charge on any atom is 0.407 e. The van der Waals surface area contributed by atoms with Crippen molar-refractivity contribution in [2.24, 2.45) is 0 Å². The van der Waals surface area contributed by atoms with E-state index in [9.17, 15) is 14.7 Å². The summed E-state index contributed by atoms with van der Waals surface area (Å²) in [4.78, 5) is 50.7. The molecule has 2 atom stereocenters. The SMILES string of the molecule is COc1ccc(CN(Cc2ccc(OC)cc2)c2ncnc(C(C)C)c2-n2c(=O)nc(N3C[C@@H](C)N(C(=O)O)C[C@@H]3C)c3cc(Cl)c(Cl)nc32)cc1. The zero-order valence-electron chi connectivity index (χ0n) is 29.7. The molecule has 272 valence electrons. The summed E-state index contributed by atoms with van der Waals surface area (Å²) >= 11 is 13.2. The topological polar surface area (TPSA) is 139 Å². The molecule has 1 aliphatic rings. The van der Waals surface area contributed by atoms with E-state index in [1.54, 1.807) is 20.3 Å². The highest BCUT2D eigenvalue weighted by Gasteiger charge is 2.35. The molecule has 0 saturated carbocycles. The first kappa shape index (κ1) is 36.6. The fraction of sp³-hybridized carbons (Fsp3) is 0.351. The lowest BCUT2D eigenvalue weighted by Crippen LogP contribution is -2.58. The van der Waals surface area contributed by atoms with E-state index in [0.29, 0.717) is 48.0 Å². The molecule has 5 aromatic rings. The van der Waals surface area contributed by atoms with Gasteiger partial charge in [-0.1, -0.05) is 61.3 Å². The molecule has 0 aliphatic carbocycles. The molecule has 13 nitrogen and oxygen atoms in total. The Balaban J connectivity index is 1.58. The number of ether oxygens (including phenoxy) is 2. The average molecular weight is 748 g/mol. The van der Waals surface area contributed by atoms with Crippen LogP contribution in [-0.2, 0) is 13.1 Å². The molecular weight excluding hydrogens is 707 g/mol. The minimum absolute atomic E-state index is 0.00870. The Morgan fingerprint density at radius 1 is 0.923 bits per heavy atom. The third-order valence-corrected chi connectivity index (χ3v) is 9.90. The molecule has 52 heavy (non-hydrogen) atoms. The fourth-order valence-electron chi connectivity index (χ4n) is 6.55. The quantitative estimate of drug-likeness (QED) is 0.151. The van der Waals surface area contributed by atoms with Crippen molar-refractivity contribution in [3.8, 4) is 17.2 Å². The molecule has 15 heteroatoms. The number of anilines is 2. The minimum Gasteiger partial charge on any atom is -0.497 e. The Hall–Kier alpha value is -5.14. The molecule has 0 spiro atoms. The number of halogens is 2. The standard InChI is InChI=1S/C37H40Cl2N8O5/c1-21(2)30-31(35(41-20-40-30)44(18-24-7-11-26(51-5)12-8-24)19-25-9-13-27(52-6)14-10-25)47-34-28(15-29(38)32(39)42-34)33(43-36(47)48)45-16-23(4)46(37(49)50)17-22(45)3/h7-15,20-23H,16-19H2,1-6H3,(H,49,50)/t22-,23+/m0/s1. The fourth-order valence-corrected chi connectivity index (χ4v) is 6.84. The molecule has 6 rings (SSSR count). The number of carbonyl (C=O) groups is 1. The third-order valence-electron chi connectivity index (χ3n) is 9.23. The van der Waals surface area contributed by atoms with Crippen molar-refractivity contribution < 1.29 is 19.4 Å². The number of benzene rings is 2. The predicted octanol–water partition coefficient (Wildman–Crippen LogP) is 6.80. The van der Waals surface area contributed by atoms with Crippen LogP contribution in [0.4, 0.5) is 16.4 Å². The molecule has 1 saturated heterocycles. The lowest BCUT2D eigenvalue weighted by molar-refractivity contribution is 0.114. The highest BCUT2D eigenvalue weighted by Crippen LogP contribution is 2.36. The monoisotopic (exact) mass is 746 g/mol. The van der Waals surface area contributed by atoms with Gasteiger partial charge in [-0.25, -0.2) is 29.1 Å². The molecule has 1 fully saturated rings. The van der Waals surface area contributed by atoms with Gasteiger partial charge in [0.15, 0.2) is 11.5 Å². The summed E-state index contributed by atoms with van der Waals surface area (Å²) in [5.41, 5.74) is 2.57. The Bertz CT molecular complexity index is 2100. The smallest absolute Gasteiger partial charge is 0.407 e. The van der Waals surface area contributed by atoms with Crippen molar-refractivity contribution in [3.05, 3.63) is 98.4 Å². The largest absolute Gasteiger partial charge is 0.497 e. The van der Waals surface area contributed by atoms with Crippen LogP contribution in [0, 0.1) is 0 Å². The van der Waals surface area contributed by atoms with E-state index in [0.717, 1.165) is 22.6 Å². The Morgan fingerprint density at radius 2 is 1.52 bits per heavy atom. The van der Waals surface area contributed by atoms with Crippen molar-refractivity contribution >= 4 is 52.0 Å². The van der Waals surface area contributed by atoms with E-state index in [1.807, 2.05) is 81.1 Å². The van der Waals surface area contributed by atoms with Gasteiger partial charge in [0, 0.05) is 38.3 Å². The average Bonchev–Trinajstić information content (AvgIpc) is 3.13. The van der Waals surface area contributed by atoms with Crippen LogP contribution in [0.25, 0.3) is 16.7 Å². The summed E-state index contributed by atoms with van der Waals surface area (Å²) in [5, 5.41) is 10.4. The molecule has 0 bridgehead atoms. The number of amides is 1. The third kappa shape index (κ3) is 7.28. The Morgan fingerprint density at radius 3 is 2.06 bits per heavy atom. The van der Waals surface area contributed by atoms with Crippen LogP contribution in [0.5, 0.6) is 11.5 Å². The lowest BCUT2D eigenvalue weighted by Gasteiger charge is -2.43. The van der Waals surface area contributed by atoms with Crippen molar-refractivity contribution in [1.82, 2.24) is 29.4 Å². The summed E-state index contributed by atoms with van der Waals surface area (Å²) in [5.74, 6) is 2.14. The maximum absolute atomic E-state index is 14.6. The van der Waals surface area contributed by atoms with Gasteiger partial charge in [0.1, 0.15) is 34.5 Å². The molecule has 1 aliphatic heterocycles. The first-order chi connectivity index (χ1) is 24.9. The van der Waals surface area contributed by atoms with Gasteiger partial charge in [0.05, 0.1) is 30.3 Å². The molecule has 1 amide bonds. The lowest BCUT2D eigenvalue weighted by atomic mass is 10.1. The van der Waals surface area contributed by atoms with Gasteiger partial charge in [0.2, 0.25) is 0 Å². The van der Waals surface area contributed by atoms with Crippen LogP contribution in [0.1, 0.15) is 50.4 Å². The van der Waals surface area contributed by atoms with Gasteiger partial charge in [-0.15, -0.1) is 0 Å². The molecule has 2 aromatic carbocycles. The number of hydrogen-bond donors (Lipinski definition) is 1. The summed E-state index contributed by atoms with van der Waals surface area (Å²) in [7, 11) is 3.25. The number of methoxy groups -OCH3 is 2. The van der Waals surface area contributed by atoms with Crippen molar-refractivity contribution in [1.29, 1.82) is 0 Å². The zero-order chi connectivity index (χ0) is 37.3. The van der Waals surface area contributed by atoms with Crippen molar-refractivity contribution in [2.75, 3.05) is 37.1 Å². The van der Waals surface area contributed by atoms with Gasteiger partial charge in [-0.2, -0.15) is 4.98 Å². The number of pyridine rings is 1. The summed E-state index contributed by atoms with van der Waals surface area (Å²) in [6, 6.07) is 16.5. The first-order valence-corrected chi connectivity index (χ1v) is 17.6. The van der Waals surface area contributed by atoms with Crippen molar-refractivity contribution in [2.45, 2.75) is 58.8 Å². The Labute approximate surface area is 311 Å². The predicted molar refractivity (Wildman–Crippen MR) is 202 cm³/mol. The van der Waals surface area contributed by atoms with Crippen molar-refractivity contribution in [3.63, 3.8) is 0 Å². The van der Waals surface area contributed by atoms with E-state index in [-0.39, 0.29) is 40.4 Å².